The number of amides is 1. The van der Waals surface area contributed by atoms with Gasteiger partial charge in [0.25, 0.3) is 0 Å². The van der Waals surface area contributed by atoms with Crippen molar-refractivity contribution < 1.29 is 4.79 Å². The predicted octanol–water partition coefficient (Wildman–Crippen LogP) is 1.20. The molecule has 0 saturated carbocycles. The first-order valence-corrected chi connectivity index (χ1v) is 5.14. The molecule has 13 heavy (non-hydrogen) atoms. The minimum Gasteiger partial charge on any atom is -0.326 e. The maximum atomic E-state index is 11.3. The molecule has 76 valence electrons. The Morgan fingerprint density at radius 1 is 1.62 bits per heavy atom. The molecule has 1 amide bonds. The van der Waals surface area contributed by atoms with Gasteiger partial charge >= 0.3 is 0 Å². The van der Waals surface area contributed by atoms with Crippen LogP contribution in [0.25, 0.3) is 0 Å². The van der Waals surface area contributed by atoms with E-state index in [9.17, 15) is 4.79 Å². The zero-order chi connectivity index (χ0) is 9.84. The van der Waals surface area contributed by atoms with Gasteiger partial charge in [0.05, 0.1) is 12.7 Å². The summed E-state index contributed by atoms with van der Waals surface area (Å²) < 4.78 is 0. The van der Waals surface area contributed by atoms with E-state index in [4.69, 9.17) is 0 Å². The average molecular weight is 184 g/mol. The summed E-state index contributed by atoms with van der Waals surface area (Å²) in [6.07, 6.45) is 2.56. The average Bonchev–Trinajstić information content (AvgIpc) is 2.34. The molecule has 0 spiro atoms. The van der Waals surface area contributed by atoms with Crippen LogP contribution in [0, 0.1) is 5.92 Å². The van der Waals surface area contributed by atoms with Crippen molar-refractivity contribution in [1.82, 2.24) is 10.2 Å². The van der Waals surface area contributed by atoms with Crippen LogP contribution < -0.4 is 5.32 Å². The molecule has 0 radical (unpaired) electrons. The lowest BCUT2D eigenvalue weighted by molar-refractivity contribution is -0.127. The number of hydrogen-bond donors (Lipinski definition) is 1. The van der Waals surface area contributed by atoms with Crippen molar-refractivity contribution in [3.63, 3.8) is 0 Å². The van der Waals surface area contributed by atoms with Gasteiger partial charge in [-0.25, -0.2) is 0 Å². The highest BCUT2D eigenvalue weighted by atomic mass is 16.2. The highest BCUT2D eigenvalue weighted by Crippen LogP contribution is 2.09. The highest BCUT2D eigenvalue weighted by molar-refractivity contribution is 5.80. The molecule has 1 saturated heterocycles. The van der Waals surface area contributed by atoms with Crippen molar-refractivity contribution in [3.8, 4) is 0 Å². The van der Waals surface area contributed by atoms with Gasteiger partial charge in [-0.15, -0.1) is 0 Å². The molecule has 3 nitrogen and oxygen atoms in total. The first kappa shape index (κ1) is 10.5. The third-order valence-electron chi connectivity index (χ3n) is 2.52. The van der Waals surface area contributed by atoms with Crippen LogP contribution in [0.5, 0.6) is 0 Å². The Kier molecular flexibility index (Phi) is 3.72. The van der Waals surface area contributed by atoms with E-state index < -0.39 is 0 Å². The Bertz CT molecular complexity index is 180. The van der Waals surface area contributed by atoms with Crippen molar-refractivity contribution in [2.45, 2.75) is 39.8 Å². The normalized spacial score (nSPS) is 23.2. The van der Waals surface area contributed by atoms with Crippen molar-refractivity contribution in [1.29, 1.82) is 0 Å². The standard InChI is InChI=1S/C10H20N2O/c1-8(2)5-4-6-12-9(3)11-7-10(12)13/h8-9,11H,4-7H2,1-3H3. The first-order chi connectivity index (χ1) is 6.11. The van der Waals surface area contributed by atoms with Crippen molar-refractivity contribution in [2.75, 3.05) is 13.1 Å². The van der Waals surface area contributed by atoms with Crippen molar-refractivity contribution in [3.05, 3.63) is 0 Å². The molecule has 0 aliphatic carbocycles. The fourth-order valence-corrected chi connectivity index (χ4v) is 1.65. The monoisotopic (exact) mass is 184 g/mol. The van der Waals surface area contributed by atoms with Gasteiger partial charge in [-0.1, -0.05) is 13.8 Å². The molecule has 3 heteroatoms. The van der Waals surface area contributed by atoms with E-state index in [1.165, 1.54) is 6.42 Å². The Balaban J connectivity index is 2.23. The molecular formula is C10H20N2O. The maximum Gasteiger partial charge on any atom is 0.237 e. The Morgan fingerprint density at radius 2 is 2.31 bits per heavy atom. The summed E-state index contributed by atoms with van der Waals surface area (Å²) >= 11 is 0. The highest BCUT2D eigenvalue weighted by Gasteiger charge is 2.25. The molecule has 1 heterocycles. The number of nitrogens with one attached hydrogen (secondary N) is 1. The predicted molar refractivity (Wildman–Crippen MR) is 53.2 cm³/mol. The summed E-state index contributed by atoms with van der Waals surface area (Å²) in [6.45, 7) is 7.90. The number of hydrogen-bond acceptors (Lipinski definition) is 2. The topological polar surface area (TPSA) is 32.3 Å². The lowest BCUT2D eigenvalue weighted by Crippen LogP contribution is -2.35. The number of nitrogens with zero attached hydrogens (tertiary/aromatic N) is 1. The van der Waals surface area contributed by atoms with Gasteiger partial charge in [-0.05, 0) is 25.7 Å². The maximum absolute atomic E-state index is 11.3. The minimum atomic E-state index is 0.236. The quantitative estimate of drug-likeness (QED) is 0.712. The summed E-state index contributed by atoms with van der Waals surface area (Å²) in [4.78, 5) is 13.3. The second-order valence-electron chi connectivity index (χ2n) is 4.18. The van der Waals surface area contributed by atoms with E-state index in [1.54, 1.807) is 0 Å². The Morgan fingerprint density at radius 3 is 2.77 bits per heavy atom. The molecule has 1 unspecified atom stereocenters. The van der Waals surface area contributed by atoms with E-state index in [1.807, 2.05) is 11.8 Å². The van der Waals surface area contributed by atoms with Crippen LogP contribution in [0.15, 0.2) is 0 Å². The summed E-state index contributed by atoms with van der Waals surface area (Å²) in [5.74, 6) is 0.984. The van der Waals surface area contributed by atoms with Crippen molar-refractivity contribution in [2.24, 2.45) is 5.92 Å². The Labute approximate surface area is 80.5 Å². The van der Waals surface area contributed by atoms with Gasteiger partial charge in [0.15, 0.2) is 0 Å². The molecule has 1 aliphatic heterocycles. The van der Waals surface area contributed by atoms with Crippen LogP contribution in [0.1, 0.15) is 33.6 Å². The van der Waals surface area contributed by atoms with Crippen LogP contribution in [0.2, 0.25) is 0 Å². The van der Waals surface area contributed by atoms with Gasteiger partial charge in [0, 0.05) is 6.54 Å². The number of carbonyl (C=O) groups excluding carboxylic acids is 1. The summed E-state index contributed by atoms with van der Waals surface area (Å²) in [6, 6.07) is 0. The van der Waals surface area contributed by atoms with E-state index in [2.05, 4.69) is 19.2 Å². The minimum absolute atomic E-state index is 0.236. The fraction of sp³-hybridized carbons (Fsp3) is 0.900. The Hall–Kier alpha value is -0.570. The molecule has 1 N–H and O–H groups in total. The van der Waals surface area contributed by atoms with Crippen molar-refractivity contribution >= 4 is 5.91 Å². The molecular weight excluding hydrogens is 164 g/mol. The largest absolute Gasteiger partial charge is 0.326 e. The molecule has 0 aromatic heterocycles. The summed E-state index contributed by atoms with van der Waals surface area (Å²) in [5.41, 5.74) is 0. The second kappa shape index (κ2) is 4.61. The lowest BCUT2D eigenvalue weighted by atomic mass is 10.1. The fourth-order valence-electron chi connectivity index (χ4n) is 1.65. The van der Waals surface area contributed by atoms with Gasteiger partial charge in [-0.2, -0.15) is 0 Å². The number of rotatable bonds is 4. The number of carbonyl (C=O) groups is 1. The van der Waals surface area contributed by atoms with Crippen LogP contribution in [0.3, 0.4) is 0 Å². The van der Waals surface area contributed by atoms with E-state index in [0.29, 0.717) is 6.54 Å². The molecule has 1 fully saturated rings. The smallest absolute Gasteiger partial charge is 0.237 e. The molecule has 0 aromatic carbocycles. The van der Waals surface area contributed by atoms with Crippen LogP contribution in [0.4, 0.5) is 0 Å². The van der Waals surface area contributed by atoms with Gasteiger partial charge < -0.3 is 4.90 Å². The van der Waals surface area contributed by atoms with E-state index in [-0.39, 0.29) is 12.1 Å². The third kappa shape index (κ3) is 2.99. The van der Waals surface area contributed by atoms with E-state index in [0.717, 1.165) is 18.9 Å². The molecule has 0 aromatic rings. The van der Waals surface area contributed by atoms with Gasteiger partial charge in [0.1, 0.15) is 0 Å². The lowest BCUT2D eigenvalue weighted by Gasteiger charge is -2.21. The zero-order valence-corrected chi connectivity index (χ0v) is 8.84. The molecule has 1 rings (SSSR count). The van der Waals surface area contributed by atoms with Crippen LogP contribution >= 0.6 is 0 Å². The SMILES string of the molecule is CC(C)CCCN1C(=O)CNC1C. The molecule has 1 atom stereocenters. The van der Waals surface area contributed by atoms with Crippen LogP contribution in [-0.4, -0.2) is 30.1 Å². The third-order valence-corrected chi connectivity index (χ3v) is 2.52. The summed E-state index contributed by atoms with van der Waals surface area (Å²) in [7, 11) is 0. The second-order valence-corrected chi connectivity index (χ2v) is 4.18. The van der Waals surface area contributed by atoms with Crippen LogP contribution in [-0.2, 0) is 4.79 Å². The first-order valence-electron chi connectivity index (χ1n) is 5.14. The molecule has 1 aliphatic rings. The summed E-state index contributed by atoms with van der Waals surface area (Å²) in [5, 5.41) is 3.13. The molecule has 0 bridgehead atoms. The van der Waals surface area contributed by atoms with Gasteiger partial charge in [-0.3, -0.25) is 10.1 Å². The van der Waals surface area contributed by atoms with Gasteiger partial charge in [0.2, 0.25) is 5.91 Å². The zero-order valence-electron chi connectivity index (χ0n) is 8.84. The van der Waals surface area contributed by atoms with E-state index >= 15 is 0 Å².